The van der Waals surface area contributed by atoms with Crippen molar-refractivity contribution in [3.63, 3.8) is 0 Å². The van der Waals surface area contributed by atoms with Gasteiger partial charge in [0.2, 0.25) is 11.8 Å². The number of benzene rings is 2. The molecular formula is C20H21ClN2O2S. The number of anilines is 2. The van der Waals surface area contributed by atoms with E-state index in [9.17, 15) is 9.59 Å². The van der Waals surface area contributed by atoms with Gasteiger partial charge < -0.3 is 5.32 Å². The van der Waals surface area contributed by atoms with Crippen LogP contribution in [0.2, 0.25) is 0 Å². The molecule has 2 atom stereocenters. The van der Waals surface area contributed by atoms with Gasteiger partial charge in [0.1, 0.15) is 10.8 Å². The van der Waals surface area contributed by atoms with E-state index in [-0.39, 0.29) is 17.2 Å². The van der Waals surface area contributed by atoms with Crippen LogP contribution in [0.1, 0.15) is 29.0 Å². The molecule has 136 valence electrons. The fourth-order valence-electron chi connectivity index (χ4n) is 3.05. The number of hydrogen-bond acceptors (Lipinski definition) is 3. The van der Waals surface area contributed by atoms with Gasteiger partial charge in [-0.2, -0.15) is 0 Å². The summed E-state index contributed by atoms with van der Waals surface area (Å²) in [4.78, 5) is 26.2. The summed E-state index contributed by atoms with van der Waals surface area (Å²) in [5.41, 5.74) is 4.81. The molecule has 2 aromatic carbocycles. The first-order chi connectivity index (χ1) is 12.3. The van der Waals surface area contributed by atoms with Gasteiger partial charge in [-0.05, 0) is 61.7 Å². The molecule has 0 unspecified atom stereocenters. The van der Waals surface area contributed by atoms with Gasteiger partial charge in [0, 0.05) is 11.4 Å². The van der Waals surface area contributed by atoms with Crippen molar-refractivity contribution in [2.24, 2.45) is 0 Å². The van der Waals surface area contributed by atoms with Gasteiger partial charge in [-0.3, -0.25) is 14.5 Å². The van der Waals surface area contributed by atoms with Crippen LogP contribution in [0.25, 0.3) is 0 Å². The molecule has 1 fully saturated rings. The van der Waals surface area contributed by atoms with Gasteiger partial charge >= 0.3 is 0 Å². The molecular weight excluding hydrogens is 368 g/mol. The molecule has 0 aliphatic carbocycles. The minimum atomic E-state index is -0.604. The Morgan fingerprint density at radius 2 is 1.92 bits per heavy atom. The van der Waals surface area contributed by atoms with Gasteiger partial charge in [-0.1, -0.05) is 18.2 Å². The molecule has 1 saturated heterocycles. The molecule has 0 spiro atoms. The third kappa shape index (κ3) is 4.05. The first-order valence-electron chi connectivity index (χ1n) is 8.42. The zero-order valence-corrected chi connectivity index (χ0v) is 16.5. The lowest BCUT2D eigenvalue weighted by Crippen LogP contribution is -2.28. The first-order valence-corrected chi connectivity index (χ1v) is 9.90. The minimum absolute atomic E-state index is 0.0915. The summed E-state index contributed by atoms with van der Waals surface area (Å²) >= 11 is 7.42. The first kappa shape index (κ1) is 18.8. The number of amides is 2. The van der Waals surface area contributed by atoms with Crippen molar-refractivity contribution >= 4 is 46.6 Å². The van der Waals surface area contributed by atoms with Crippen molar-refractivity contribution in [3.05, 3.63) is 59.2 Å². The lowest BCUT2D eigenvalue weighted by Gasteiger charge is -2.25. The number of carbonyl (C=O) groups excluding carboxylic acids is 2. The predicted molar refractivity (Wildman–Crippen MR) is 109 cm³/mol. The number of rotatable bonds is 4. The summed E-state index contributed by atoms with van der Waals surface area (Å²) in [5.74, 6) is 0.284. The summed E-state index contributed by atoms with van der Waals surface area (Å²) in [5, 5.41) is 2.09. The maximum Gasteiger partial charge on any atom is 0.242 e. The van der Waals surface area contributed by atoms with E-state index in [4.69, 9.17) is 11.6 Å². The monoisotopic (exact) mass is 388 g/mol. The van der Waals surface area contributed by atoms with Gasteiger partial charge in [-0.25, -0.2) is 0 Å². The van der Waals surface area contributed by atoms with Crippen molar-refractivity contribution < 1.29 is 9.59 Å². The van der Waals surface area contributed by atoms with Crippen LogP contribution in [0, 0.1) is 13.8 Å². The number of hydrogen-bond donors (Lipinski definition) is 1. The molecule has 2 aromatic rings. The number of aryl methyl sites for hydroxylation is 2. The second-order valence-corrected chi connectivity index (χ2v) is 8.23. The molecule has 1 aliphatic heterocycles. The lowest BCUT2D eigenvalue weighted by atomic mass is 10.1. The summed E-state index contributed by atoms with van der Waals surface area (Å²) in [6.45, 7) is 5.69. The Bertz CT molecular complexity index is 833. The third-order valence-corrected chi connectivity index (χ3v) is 5.56. The number of carbonyl (C=O) groups is 2. The number of alkyl halides is 1. The smallest absolute Gasteiger partial charge is 0.242 e. The van der Waals surface area contributed by atoms with Crippen molar-refractivity contribution in [2.45, 2.75) is 31.5 Å². The number of halogens is 1. The molecule has 1 aliphatic rings. The van der Waals surface area contributed by atoms with Gasteiger partial charge in [-0.15, -0.1) is 23.4 Å². The second kappa shape index (κ2) is 7.72. The summed E-state index contributed by atoms with van der Waals surface area (Å²) < 4.78 is 0. The maximum absolute atomic E-state index is 12.6. The average molecular weight is 389 g/mol. The van der Waals surface area contributed by atoms with Gasteiger partial charge in [0.05, 0.1) is 5.75 Å². The highest BCUT2D eigenvalue weighted by molar-refractivity contribution is 8.00. The van der Waals surface area contributed by atoms with E-state index in [1.165, 1.54) is 0 Å². The Morgan fingerprint density at radius 1 is 1.23 bits per heavy atom. The van der Waals surface area contributed by atoms with Crippen LogP contribution < -0.4 is 10.2 Å². The van der Waals surface area contributed by atoms with E-state index in [2.05, 4.69) is 11.4 Å². The highest BCUT2D eigenvalue weighted by Gasteiger charge is 2.34. The number of thioether (sulfide) groups is 1. The minimum Gasteiger partial charge on any atom is -0.325 e. The highest BCUT2D eigenvalue weighted by atomic mass is 35.5. The van der Waals surface area contributed by atoms with Gasteiger partial charge in [0.25, 0.3) is 0 Å². The van der Waals surface area contributed by atoms with Crippen LogP contribution in [-0.2, 0) is 9.59 Å². The Labute approximate surface area is 162 Å². The molecule has 0 radical (unpaired) electrons. The standard InChI is InChI=1S/C20H21ClN2O2S/c1-12-7-13(2)9-17(8-12)23-18(24)11-26-20(23)15-5-4-6-16(10-15)22-19(25)14(3)21/h4-10,14,20H,11H2,1-3H3,(H,22,25)/t14-,20+/m0/s1. The summed E-state index contributed by atoms with van der Waals surface area (Å²) in [6.07, 6.45) is 0. The van der Waals surface area contributed by atoms with Crippen molar-refractivity contribution in [1.29, 1.82) is 0 Å². The van der Waals surface area contributed by atoms with E-state index in [0.29, 0.717) is 11.4 Å². The highest BCUT2D eigenvalue weighted by Crippen LogP contribution is 2.42. The summed E-state index contributed by atoms with van der Waals surface area (Å²) in [7, 11) is 0. The second-order valence-electron chi connectivity index (χ2n) is 6.50. The Morgan fingerprint density at radius 3 is 2.58 bits per heavy atom. The van der Waals surface area contributed by atoms with E-state index < -0.39 is 5.38 Å². The van der Waals surface area contributed by atoms with Crippen molar-refractivity contribution in [1.82, 2.24) is 0 Å². The van der Waals surface area contributed by atoms with Crippen LogP contribution in [0.15, 0.2) is 42.5 Å². The zero-order valence-electron chi connectivity index (χ0n) is 15.0. The normalized spacial score (nSPS) is 18.1. The van der Waals surface area contributed by atoms with Crippen LogP contribution in [0.3, 0.4) is 0 Å². The molecule has 0 aromatic heterocycles. The molecule has 1 N–H and O–H groups in total. The van der Waals surface area contributed by atoms with Crippen LogP contribution in [0.4, 0.5) is 11.4 Å². The molecule has 0 saturated carbocycles. The van der Waals surface area contributed by atoms with Crippen LogP contribution in [-0.4, -0.2) is 22.9 Å². The zero-order chi connectivity index (χ0) is 18.8. The average Bonchev–Trinajstić information content (AvgIpc) is 2.95. The SMILES string of the molecule is Cc1cc(C)cc(N2C(=O)CS[C@@H]2c2cccc(NC(=O)[C@H](C)Cl)c2)c1. The fraction of sp³-hybridized carbons (Fsp3) is 0.300. The van der Waals surface area contributed by atoms with Crippen molar-refractivity contribution in [3.8, 4) is 0 Å². The Balaban J connectivity index is 1.92. The molecule has 1 heterocycles. The molecule has 6 heteroatoms. The van der Waals surface area contributed by atoms with Gasteiger partial charge in [0.15, 0.2) is 0 Å². The largest absolute Gasteiger partial charge is 0.325 e. The number of nitrogens with zero attached hydrogens (tertiary/aromatic N) is 1. The van der Waals surface area contributed by atoms with E-state index in [1.54, 1.807) is 18.7 Å². The quantitative estimate of drug-likeness (QED) is 0.775. The van der Waals surface area contributed by atoms with E-state index in [0.717, 1.165) is 22.4 Å². The molecule has 2 amide bonds. The maximum atomic E-state index is 12.6. The molecule has 0 bridgehead atoms. The third-order valence-electron chi connectivity index (χ3n) is 4.15. The van der Waals surface area contributed by atoms with Crippen molar-refractivity contribution in [2.75, 3.05) is 16.0 Å². The molecule has 3 rings (SSSR count). The fourth-order valence-corrected chi connectivity index (χ4v) is 4.27. The van der Waals surface area contributed by atoms with Crippen LogP contribution in [0.5, 0.6) is 0 Å². The topological polar surface area (TPSA) is 49.4 Å². The lowest BCUT2D eigenvalue weighted by molar-refractivity contribution is -0.116. The van der Waals surface area contributed by atoms with E-state index >= 15 is 0 Å². The number of nitrogens with one attached hydrogen (secondary N) is 1. The van der Waals surface area contributed by atoms with E-state index in [1.807, 2.05) is 55.1 Å². The van der Waals surface area contributed by atoms with Crippen LogP contribution >= 0.6 is 23.4 Å². The Hall–Kier alpha value is -1.98. The molecule has 26 heavy (non-hydrogen) atoms. The summed E-state index contributed by atoms with van der Waals surface area (Å²) in [6, 6.07) is 13.7. The predicted octanol–water partition coefficient (Wildman–Crippen LogP) is 4.65. The molecule has 4 nitrogen and oxygen atoms in total. The Kier molecular flexibility index (Phi) is 5.58.